The van der Waals surface area contributed by atoms with Gasteiger partial charge in [-0.25, -0.2) is 4.39 Å². The highest BCUT2D eigenvalue weighted by Crippen LogP contribution is 2.31. The van der Waals surface area contributed by atoms with E-state index in [1.165, 1.54) is 12.1 Å². The molecule has 0 spiro atoms. The molecular weight excluding hydrogens is 477 g/mol. The standard InChI is InChI=1S/C27H28FN5O4/c1-35-23-12-9-19(15-24(23)36-2)27-29-25(37-31-27)5-3-6-26(34)32-13-4-14-33-21(17-32)16-22(30-33)18-7-10-20(28)11-8-18/h7-12,15-16H,3-6,13-14,17H2,1-2H3. The molecule has 0 unspecified atom stereocenters. The smallest absolute Gasteiger partial charge is 0.226 e. The number of amides is 1. The lowest BCUT2D eigenvalue weighted by molar-refractivity contribution is -0.131. The average Bonchev–Trinajstić information content (AvgIpc) is 3.50. The number of carbonyl (C=O) groups excluding carboxylic acids is 1. The molecule has 0 fully saturated rings. The van der Waals surface area contributed by atoms with Crippen LogP contribution >= 0.6 is 0 Å². The SMILES string of the molecule is COc1ccc(-c2noc(CCCC(=O)N3CCCn4nc(-c5ccc(F)cc5)cc4C3)n2)cc1OC. The van der Waals surface area contributed by atoms with Crippen LogP contribution in [-0.2, 0) is 24.3 Å². The highest BCUT2D eigenvalue weighted by molar-refractivity contribution is 5.76. The Bertz CT molecular complexity index is 1380. The van der Waals surface area contributed by atoms with Crippen molar-refractivity contribution < 1.29 is 23.2 Å². The summed E-state index contributed by atoms with van der Waals surface area (Å²) >= 11 is 0. The van der Waals surface area contributed by atoms with Crippen molar-refractivity contribution in [2.45, 2.75) is 38.8 Å². The Hall–Kier alpha value is -4.21. The fraction of sp³-hybridized carbons (Fsp3) is 0.333. The van der Waals surface area contributed by atoms with Gasteiger partial charge < -0.3 is 18.9 Å². The van der Waals surface area contributed by atoms with Gasteiger partial charge >= 0.3 is 0 Å². The molecule has 3 heterocycles. The summed E-state index contributed by atoms with van der Waals surface area (Å²) in [5.74, 6) is 1.95. The molecule has 1 aliphatic heterocycles. The lowest BCUT2D eigenvalue weighted by Crippen LogP contribution is -2.30. The summed E-state index contributed by atoms with van der Waals surface area (Å²) < 4.78 is 31.2. The van der Waals surface area contributed by atoms with Gasteiger partial charge in [0.1, 0.15) is 5.82 Å². The van der Waals surface area contributed by atoms with Gasteiger partial charge in [-0.05, 0) is 61.4 Å². The lowest BCUT2D eigenvalue weighted by Gasteiger charge is -2.19. The maximum absolute atomic E-state index is 13.3. The topological polar surface area (TPSA) is 95.5 Å². The largest absolute Gasteiger partial charge is 0.493 e. The van der Waals surface area contributed by atoms with Crippen molar-refractivity contribution in [3.05, 3.63) is 65.9 Å². The van der Waals surface area contributed by atoms with E-state index in [1.807, 2.05) is 21.7 Å². The van der Waals surface area contributed by atoms with Gasteiger partial charge in [-0.15, -0.1) is 0 Å². The molecule has 5 rings (SSSR count). The number of nitrogens with zero attached hydrogens (tertiary/aromatic N) is 5. The van der Waals surface area contributed by atoms with Gasteiger partial charge in [-0.3, -0.25) is 9.48 Å². The molecule has 0 radical (unpaired) electrons. The van der Waals surface area contributed by atoms with Crippen LogP contribution in [0.5, 0.6) is 11.5 Å². The number of carbonyl (C=O) groups is 1. The third-order valence-electron chi connectivity index (χ3n) is 6.40. The van der Waals surface area contributed by atoms with Gasteiger partial charge in [0.05, 0.1) is 32.2 Å². The summed E-state index contributed by atoms with van der Waals surface area (Å²) in [5, 5.41) is 8.73. The van der Waals surface area contributed by atoms with Crippen molar-refractivity contribution in [2.75, 3.05) is 20.8 Å². The number of halogens is 1. The van der Waals surface area contributed by atoms with Gasteiger partial charge in [0, 0.05) is 37.1 Å². The Balaban J connectivity index is 1.17. The molecule has 1 aliphatic rings. The van der Waals surface area contributed by atoms with E-state index in [1.54, 1.807) is 38.5 Å². The fourth-order valence-electron chi connectivity index (χ4n) is 4.43. The number of hydrogen-bond donors (Lipinski definition) is 0. The predicted octanol–water partition coefficient (Wildman–Crippen LogP) is 4.51. The second-order valence-electron chi connectivity index (χ2n) is 8.85. The number of ether oxygens (including phenoxy) is 2. The van der Waals surface area contributed by atoms with Gasteiger partial charge in [0.2, 0.25) is 17.6 Å². The summed E-state index contributed by atoms with van der Waals surface area (Å²) in [6.45, 7) is 1.91. The molecule has 9 nitrogen and oxygen atoms in total. The van der Waals surface area contributed by atoms with Gasteiger partial charge in [0.15, 0.2) is 11.5 Å². The number of aryl methyl sites for hydroxylation is 2. The van der Waals surface area contributed by atoms with Crippen LogP contribution in [0.25, 0.3) is 22.6 Å². The fourth-order valence-corrected chi connectivity index (χ4v) is 4.43. The van der Waals surface area contributed by atoms with E-state index in [4.69, 9.17) is 14.0 Å². The molecule has 192 valence electrons. The number of aromatic nitrogens is 4. The zero-order valence-electron chi connectivity index (χ0n) is 20.8. The molecule has 0 N–H and O–H groups in total. The van der Waals surface area contributed by atoms with Crippen molar-refractivity contribution in [3.63, 3.8) is 0 Å². The monoisotopic (exact) mass is 505 g/mol. The van der Waals surface area contributed by atoms with Crippen LogP contribution in [0.4, 0.5) is 4.39 Å². The summed E-state index contributed by atoms with van der Waals surface area (Å²) in [5.41, 5.74) is 3.37. The molecular formula is C27H28FN5O4. The van der Waals surface area contributed by atoms with Crippen molar-refractivity contribution in [2.24, 2.45) is 0 Å². The predicted molar refractivity (Wildman–Crippen MR) is 133 cm³/mol. The number of benzene rings is 2. The minimum absolute atomic E-state index is 0.0811. The Kier molecular flexibility index (Phi) is 7.16. The van der Waals surface area contributed by atoms with Crippen LogP contribution in [0.15, 0.2) is 53.1 Å². The van der Waals surface area contributed by atoms with E-state index in [9.17, 15) is 9.18 Å². The van der Waals surface area contributed by atoms with E-state index < -0.39 is 0 Å². The summed E-state index contributed by atoms with van der Waals surface area (Å²) in [6, 6.07) is 13.7. The highest BCUT2D eigenvalue weighted by atomic mass is 19.1. The summed E-state index contributed by atoms with van der Waals surface area (Å²) in [6.07, 6.45) is 2.31. The first kappa shape index (κ1) is 24.5. The Labute approximate surface area is 213 Å². The lowest BCUT2D eigenvalue weighted by atomic mass is 10.1. The van der Waals surface area contributed by atoms with Crippen LogP contribution < -0.4 is 9.47 Å². The van der Waals surface area contributed by atoms with E-state index in [2.05, 4.69) is 15.2 Å². The van der Waals surface area contributed by atoms with E-state index in [0.717, 1.165) is 35.5 Å². The Morgan fingerprint density at radius 3 is 2.59 bits per heavy atom. The van der Waals surface area contributed by atoms with Crippen LogP contribution in [0.2, 0.25) is 0 Å². The zero-order chi connectivity index (χ0) is 25.8. The van der Waals surface area contributed by atoms with Crippen molar-refractivity contribution in [1.29, 1.82) is 0 Å². The second kappa shape index (κ2) is 10.8. The van der Waals surface area contributed by atoms with E-state index in [-0.39, 0.29) is 11.7 Å². The molecule has 10 heteroatoms. The third-order valence-corrected chi connectivity index (χ3v) is 6.40. The summed E-state index contributed by atoms with van der Waals surface area (Å²) in [7, 11) is 3.15. The quantitative estimate of drug-likeness (QED) is 0.348. The minimum atomic E-state index is -0.279. The number of rotatable bonds is 8. The molecule has 37 heavy (non-hydrogen) atoms. The number of hydrogen-bond acceptors (Lipinski definition) is 7. The first-order valence-corrected chi connectivity index (χ1v) is 12.2. The zero-order valence-corrected chi connectivity index (χ0v) is 20.8. The molecule has 2 aromatic carbocycles. The minimum Gasteiger partial charge on any atom is -0.493 e. The maximum Gasteiger partial charge on any atom is 0.226 e. The van der Waals surface area contributed by atoms with Crippen LogP contribution in [0.1, 0.15) is 30.8 Å². The average molecular weight is 506 g/mol. The first-order chi connectivity index (χ1) is 18.0. The second-order valence-corrected chi connectivity index (χ2v) is 8.85. The Morgan fingerprint density at radius 2 is 1.81 bits per heavy atom. The first-order valence-electron chi connectivity index (χ1n) is 12.2. The molecule has 0 saturated heterocycles. The Morgan fingerprint density at radius 1 is 1.03 bits per heavy atom. The van der Waals surface area contributed by atoms with Gasteiger partial charge in [0.25, 0.3) is 0 Å². The molecule has 4 aromatic rings. The van der Waals surface area contributed by atoms with Crippen molar-refractivity contribution >= 4 is 5.91 Å². The number of fused-ring (bicyclic) bond motifs is 1. The van der Waals surface area contributed by atoms with Crippen molar-refractivity contribution in [3.8, 4) is 34.1 Å². The number of methoxy groups -OCH3 is 2. The van der Waals surface area contributed by atoms with Gasteiger partial charge in [-0.2, -0.15) is 10.1 Å². The van der Waals surface area contributed by atoms with Crippen molar-refractivity contribution in [1.82, 2.24) is 24.8 Å². The molecule has 1 amide bonds. The van der Waals surface area contributed by atoms with Crippen LogP contribution in [0, 0.1) is 5.82 Å². The molecule has 0 aliphatic carbocycles. The third kappa shape index (κ3) is 5.47. The molecule has 0 bridgehead atoms. The van der Waals surface area contributed by atoms with Crippen LogP contribution in [0.3, 0.4) is 0 Å². The summed E-state index contributed by atoms with van der Waals surface area (Å²) in [4.78, 5) is 19.3. The van der Waals surface area contributed by atoms with E-state index >= 15 is 0 Å². The van der Waals surface area contributed by atoms with Gasteiger partial charge in [-0.1, -0.05) is 5.16 Å². The normalized spacial score (nSPS) is 13.2. The van der Waals surface area contributed by atoms with Crippen LogP contribution in [-0.4, -0.2) is 51.5 Å². The highest BCUT2D eigenvalue weighted by Gasteiger charge is 2.21. The molecule has 0 saturated carbocycles. The maximum atomic E-state index is 13.3. The molecule has 0 atom stereocenters. The van der Waals surface area contributed by atoms with E-state index in [0.29, 0.717) is 55.6 Å². The molecule has 2 aromatic heterocycles.